The van der Waals surface area contributed by atoms with E-state index in [0.717, 1.165) is 17.4 Å². The molecule has 2 atom stereocenters. The number of benzene rings is 1. The monoisotopic (exact) mass is 213 g/mol. The Morgan fingerprint density at radius 3 is 2.62 bits per heavy atom. The standard InChI is InChI=1S/C15H19N/c1-2-3-12-4-9-15(10-12)14-7-5-13(11-16)6-8-14/h5-8,12,15H,2-4,9-10H2,1H3. The SMILES string of the molecule is CCCC1CCC(c2ccc(C#N)cc2)C1. The van der Waals surface area contributed by atoms with E-state index in [-0.39, 0.29) is 0 Å². The third-order valence-electron chi connectivity index (χ3n) is 3.75. The van der Waals surface area contributed by atoms with Crippen molar-refractivity contribution in [1.82, 2.24) is 0 Å². The molecule has 0 amide bonds. The first kappa shape index (κ1) is 11.2. The molecule has 1 fully saturated rings. The molecule has 0 saturated heterocycles. The van der Waals surface area contributed by atoms with Crippen molar-refractivity contribution in [2.75, 3.05) is 0 Å². The molecule has 1 saturated carbocycles. The minimum Gasteiger partial charge on any atom is -0.192 e. The molecular weight excluding hydrogens is 194 g/mol. The molecule has 16 heavy (non-hydrogen) atoms. The minimum atomic E-state index is 0.740. The zero-order valence-corrected chi connectivity index (χ0v) is 9.95. The summed E-state index contributed by atoms with van der Waals surface area (Å²) < 4.78 is 0. The normalized spacial score (nSPS) is 24.2. The van der Waals surface area contributed by atoms with Crippen molar-refractivity contribution in [2.24, 2.45) is 5.92 Å². The second-order valence-electron chi connectivity index (χ2n) is 4.90. The largest absolute Gasteiger partial charge is 0.192 e. The van der Waals surface area contributed by atoms with Gasteiger partial charge in [0.25, 0.3) is 0 Å². The Morgan fingerprint density at radius 2 is 2.00 bits per heavy atom. The summed E-state index contributed by atoms with van der Waals surface area (Å²) in [6, 6.07) is 10.3. The van der Waals surface area contributed by atoms with Crippen LogP contribution in [0.25, 0.3) is 0 Å². The fourth-order valence-electron chi connectivity index (χ4n) is 2.88. The number of rotatable bonds is 3. The number of hydrogen-bond acceptors (Lipinski definition) is 1. The van der Waals surface area contributed by atoms with Crippen LogP contribution in [0.1, 0.15) is 56.1 Å². The predicted molar refractivity (Wildman–Crippen MR) is 66.1 cm³/mol. The highest BCUT2D eigenvalue weighted by atomic mass is 14.3. The summed E-state index contributed by atoms with van der Waals surface area (Å²) in [6.45, 7) is 2.27. The summed E-state index contributed by atoms with van der Waals surface area (Å²) in [4.78, 5) is 0. The van der Waals surface area contributed by atoms with Crippen molar-refractivity contribution in [3.8, 4) is 6.07 Å². The van der Waals surface area contributed by atoms with Crippen LogP contribution in [0, 0.1) is 17.2 Å². The summed E-state index contributed by atoms with van der Waals surface area (Å²) >= 11 is 0. The lowest BCUT2D eigenvalue weighted by Gasteiger charge is -2.11. The molecule has 0 aromatic heterocycles. The van der Waals surface area contributed by atoms with E-state index in [2.05, 4.69) is 25.1 Å². The Bertz CT molecular complexity index is 371. The highest BCUT2D eigenvalue weighted by Crippen LogP contribution is 2.40. The van der Waals surface area contributed by atoms with Crippen LogP contribution in [-0.2, 0) is 0 Å². The van der Waals surface area contributed by atoms with E-state index in [9.17, 15) is 0 Å². The molecular formula is C15H19N. The van der Waals surface area contributed by atoms with Gasteiger partial charge in [-0.2, -0.15) is 5.26 Å². The molecule has 1 aromatic carbocycles. The van der Waals surface area contributed by atoms with E-state index < -0.39 is 0 Å². The van der Waals surface area contributed by atoms with Crippen molar-refractivity contribution in [3.63, 3.8) is 0 Å². The van der Waals surface area contributed by atoms with Gasteiger partial charge in [-0.05, 0) is 48.8 Å². The molecule has 1 nitrogen and oxygen atoms in total. The summed E-state index contributed by atoms with van der Waals surface area (Å²) in [5.41, 5.74) is 2.20. The van der Waals surface area contributed by atoms with E-state index in [1.54, 1.807) is 0 Å². The second kappa shape index (κ2) is 5.16. The van der Waals surface area contributed by atoms with E-state index in [1.807, 2.05) is 12.1 Å². The summed E-state index contributed by atoms with van der Waals surface area (Å²) in [7, 11) is 0. The first-order chi connectivity index (χ1) is 7.83. The van der Waals surface area contributed by atoms with Crippen LogP contribution in [0.4, 0.5) is 0 Å². The van der Waals surface area contributed by atoms with Gasteiger partial charge >= 0.3 is 0 Å². The second-order valence-corrected chi connectivity index (χ2v) is 4.90. The lowest BCUT2D eigenvalue weighted by Crippen LogP contribution is -1.95. The average molecular weight is 213 g/mol. The van der Waals surface area contributed by atoms with Gasteiger partial charge in [-0.15, -0.1) is 0 Å². The van der Waals surface area contributed by atoms with Gasteiger partial charge in [-0.3, -0.25) is 0 Å². The quantitative estimate of drug-likeness (QED) is 0.736. The lowest BCUT2D eigenvalue weighted by molar-refractivity contribution is 0.489. The van der Waals surface area contributed by atoms with Crippen molar-refractivity contribution in [1.29, 1.82) is 5.26 Å². The van der Waals surface area contributed by atoms with E-state index in [4.69, 9.17) is 5.26 Å². The van der Waals surface area contributed by atoms with Gasteiger partial charge < -0.3 is 0 Å². The fourth-order valence-corrected chi connectivity index (χ4v) is 2.88. The number of nitriles is 1. The summed E-state index contributed by atoms with van der Waals surface area (Å²) in [6.07, 6.45) is 6.76. The Hall–Kier alpha value is -1.29. The fraction of sp³-hybridized carbons (Fsp3) is 0.533. The molecule has 0 bridgehead atoms. The molecule has 0 N–H and O–H groups in total. The van der Waals surface area contributed by atoms with Gasteiger partial charge in [0.2, 0.25) is 0 Å². The molecule has 2 unspecified atom stereocenters. The van der Waals surface area contributed by atoms with E-state index in [0.29, 0.717) is 0 Å². The van der Waals surface area contributed by atoms with Crippen LogP contribution in [0.5, 0.6) is 0 Å². The average Bonchev–Trinajstić information content (AvgIpc) is 2.78. The molecule has 84 valence electrons. The van der Waals surface area contributed by atoms with Crippen LogP contribution >= 0.6 is 0 Å². The molecule has 0 heterocycles. The Labute approximate surface area is 98.1 Å². The third-order valence-corrected chi connectivity index (χ3v) is 3.75. The first-order valence-electron chi connectivity index (χ1n) is 6.33. The number of nitrogens with zero attached hydrogens (tertiary/aromatic N) is 1. The molecule has 0 spiro atoms. The minimum absolute atomic E-state index is 0.740. The topological polar surface area (TPSA) is 23.8 Å². The predicted octanol–water partition coefficient (Wildman–Crippen LogP) is 4.24. The summed E-state index contributed by atoms with van der Waals surface area (Å²) in [5, 5.41) is 8.76. The molecule has 1 aliphatic carbocycles. The third kappa shape index (κ3) is 2.44. The first-order valence-corrected chi connectivity index (χ1v) is 6.33. The zero-order valence-electron chi connectivity index (χ0n) is 9.95. The molecule has 2 rings (SSSR count). The van der Waals surface area contributed by atoms with Gasteiger partial charge in [0.05, 0.1) is 11.6 Å². The maximum Gasteiger partial charge on any atom is 0.0991 e. The lowest BCUT2D eigenvalue weighted by atomic mass is 9.94. The molecule has 0 aliphatic heterocycles. The van der Waals surface area contributed by atoms with Gasteiger partial charge in [-0.1, -0.05) is 31.9 Å². The van der Waals surface area contributed by atoms with Crippen molar-refractivity contribution < 1.29 is 0 Å². The van der Waals surface area contributed by atoms with Crippen molar-refractivity contribution in [3.05, 3.63) is 35.4 Å². The van der Waals surface area contributed by atoms with Crippen molar-refractivity contribution in [2.45, 2.75) is 44.9 Å². The Balaban J connectivity index is 2.00. The van der Waals surface area contributed by atoms with E-state index >= 15 is 0 Å². The zero-order chi connectivity index (χ0) is 11.4. The van der Waals surface area contributed by atoms with E-state index in [1.165, 1.54) is 37.7 Å². The maximum absolute atomic E-state index is 8.76. The van der Waals surface area contributed by atoms with Crippen LogP contribution < -0.4 is 0 Å². The smallest absolute Gasteiger partial charge is 0.0991 e. The highest BCUT2D eigenvalue weighted by molar-refractivity contribution is 5.33. The maximum atomic E-state index is 8.76. The van der Waals surface area contributed by atoms with Gasteiger partial charge in [0.15, 0.2) is 0 Å². The Kier molecular flexibility index (Phi) is 3.62. The van der Waals surface area contributed by atoms with Crippen LogP contribution in [0.2, 0.25) is 0 Å². The molecule has 1 heteroatoms. The molecule has 1 aliphatic rings. The summed E-state index contributed by atoms with van der Waals surface area (Å²) in [5.74, 6) is 1.68. The Morgan fingerprint density at radius 1 is 1.25 bits per heavy atom. The van der Waals surface area contributed by atoms with Crippen LogP contribution in [0.3, 0.4) is 0 Å². The van der Waals surface area contributed by atoms with Gasteiger partial charge in [0, 0.05) is 0 Å². The number of hydrogen-bond donors (Lipinski definition) is 0. The highest BCUT2D eigenvalue weighted by Gasteiger charge is 2.24. The molecule has 1 aromatic rings. The van der Waals surface area contributed by atoms with Gasteiger partial charge in [0.1, 0.15) is 0 Å². The molecule has 0 radical (unpaired) electrons. The van der Waals surface area contributed by atoms with Gasteiger partial charge in [-0.25, -0.2) is 0 Å². The van der Waals surface area contributed by atoms with Crippen LogP contribution in [0.15, 0.2) is 24.3 Å². The van der Waals surface area contributed by atoms with Crippen molar-refractivity contribution >= 4 is 0 Å². The van der Waals surface area contributed by atoms with Crippen LogP contribution in [-0.4, -0.2) is 0 Å².